The van der Waals surface area contributed by atoms with E-state index in [9.17, 15) is 9.59 Å². The highest BCUT2D eigenvalue weighted by Gasteiger charge is 2.40. The molecular weight excluding hydrogens is 528 g/mol. The first kappa shape index (κ1) is 28.2. The number of hydrogen-bond donors (Lipinski definition) is 1. The molecule has 10 heteroatoms. The van der Waals surface area contributed by atoms with E-state index >= 15 is 0 Å². The van der Waals surface area contributed by atoms with Gasteiger partial charge in [-0.2, -0.15) is 0 Å². The summed E-state index contributed by atoms with van der Waals surface area (Å²) in [6.07, 6.45) is 5.55. The summed E-state index contributed by atoms with van der Waals surface area (Å²) < 4.78 is 34.3. The van der Waals surface area contributed by atoms with Crippen molar-refractivity contribution < 1.29 is 37.7 Å². The van der Waals surface area contributed by atoms with E-state index in [0.29, 0.717) is 40.1 Å². The fourth-order valence-corrected chi connectivity index (χ4v) is 5.45. The molecular formula is C31H36N2O8. The standard InChI is InChI=1S/C31H36N2O8/c1-36-25-16-20(17-26(37-2)29(25)38-3)28(30(34)32-21-10-5-4-6-11-21)33(18-22-12-9-15-39-22)31(35)27-19-40-23-13-7-8-14-24(23)41-27/h7-9,12-17,21,27-28H,4-6,10-11,18-19H2,1-3H3,(H,32,34)/t27-,28-/m1/s1. The van der Waals surface area contributed by atoms with E-state index in [1.165, 1.54) is 32.5 Å². The lowest BCUT2D eigenvalue weighted by atomic mass is 9.94. The minimum absolute atomic E-state index is 0.00325. The largest absolute Gasteiger partial charge is 0.493 e. The Morgan fingerprint density at radius 1 is 0.951 bits per heavy atom. The zero-order valence-electron chi connectivity index (χ0n) is 23.6. The summed E-state index contributed by atoms with van der Waals surface area (Å²) in [5.74, 6) is 1.92. The number of hydrogen-bond acceptors (Lipinski definition) is 8. The Hall–Kier alpha value is -4.34. The van der Waals surface area contributed by atoms with E-state index < -0.39 is 18.1 Å². The molecule has 1 aromatic heterocycles. The van der Waals surface area contributed by atoms with E-state index in [4.69, 9.17) is 28.1 Å². The van der Waals surface area contributed by atoms with Gasteiger partial charge >= 0.3 is 0 Å². The zero-order valence-corrected chi connectivity index (χ0v) is 23.6. The van der Waals surface area contributed by atoms with Gasteiger partial charge in [0.05, 0.1) is 34.1 Å². The number of carbonyl (C=O) groups is 2. The first-order valence-electron chi connectivity index (χ1n) is 13.8. The van der Waals surface area contributed by atoms with Crippen LogP contribution in [0.15, 0.2) is 59.2 Å². The van der Waals surface area contributed by atoms with Gasteiger partial charge in [0.25, 0.3) is 5.91 Å². The van der Waals surface area contributed by atoms with Gasteiger partial charge in [-0.25, -0.2) is 0 Å². The lowest BCUT2D eigenvalue weighted by Gasteiger charge is -2.36. The summed E-state index contributed by atoms with van der Waals surface area (Å²) in [6.45, 7) is 0.0173. The Balaban J connectivity index is 1.57. The fraction of sp³-hybridized carbons (Fsp3) is 0.419. The Morgan fingerprint density at radius 2 is 1.66 bits per heavy atom. The summed E-state index contributed by atoms with van der Waals surface area (Å²) in [7, 11) is 4.53. The van der Waals surface area contributed by atoms with E-state index in [1.807, 2.05) is 12.1 Å². The number of carbonyl (C=O) groups excluding carboxylic acids is 2. The average molecular weight is 565 g/mol. The van der Waals surface area contributed by atoms with Gasteiger partial charge < -0.3 is 38.3 Å². The van der Waals surface area contributed by atoms with Crippen molar-refractivity contribution in [3.8, 4) is 28.7 Å². The van der Waals surface area contributed by atoms with Crippen LogP contribution in [-0.4, -0.2) is 56.8 Å². The number of benzene rings is 2. The second-order valence-corrected chi connectivity index (χ2v) is 10.1. The summed E-state index contributed by atoms with van der Waals surface area (Å²) >= 11 is 0. The summed E-state index contributed by atoms with van der Waals surface area (Å²) in [5.41, 5.74) is 0.491. The van der Waals surface area contributed by atoms with Crippen LogP contribution in [0.25, 0.3) is 0 Å². The Morgan fingerprint density at radius 3 is 2.29 bits per heavy atom. The van der Waals surface area contributed by atoms with Crippen molar-refractivity contribution in [2.45, 2.75) is 56.8 Å². The minimum atomic E-state index is -1.07. The summed E-state index contributed by atoms with van der Waals surface area (Å²) in [5, 5.41) is 3.21. The number of furan rings is 1. The molecule has 0 radical (unpaired) electrons. The number of rotatable bonds is 10. The molecule has 0 spiro atoms. The number of nitrogens with zero attached hydrogens (tertiary/aromatic N) is 1. The predicted molar refractivity (Wildman–Crippen MR) is 149 cm³/mol. The molecule has 2 amide bonds. The van der Waals surface area contributed by atoms with Crippen LogP contribution in [0.3, 0.4) is 0 Å². The maximum absolute atomic E-state index is 14.3. The van der Waals surface area contributed by atoms with Gasteiger partial charge in [-0.15, -0.1) is 0 Å². The maximum atomic E-state index is 14.3. The second kappa shape index (κ2) is 12.9. The highest BCUT2D eigenvalue weighted by atomic mass is 16.6. The molecule has 5 rings (SSSR count). The van der Waals surface area contributed by atoms with Gasteiger partial charge in [-0.05, 0) is 54.8 Å². The van der Waals surface area contributed by atoms with Crippen LogP contribution >= 0.6 is 0 Å². The minimum Gasteiger partial charge on any atom is -0.493 e. The van der Waals surface area contributed by atoms with Gasteiger partial charge in [0.15, 0.2) is 23.0 Å². The number of methoxy groups -OCH3 is 3. The van der Waals surface area contributed by atoms with Crippen LogP contribution in [0, 0.1) is 0 Å². The van der Waals surface area contributed by atoms with Crippen molar-refractivity contribution in [2.75, 3.05) is 27.9 Å². The topological polar surface area (TPSA) is 109 Å². The molecule has 218 valence electrons. The SMILES string of the molecule is COc1cc([C@H](C(=O)NC2CCCCC2)N(Cc2ccco2)C(=O)[C@H]2COc3ccccc3O2)cc(OC)c1OC. The van der Waals surface area contributed by atoms with Crippen LogP contribution in [0.4, 0.5) is 0 Å². The van der Waals surface area contributed by atoms with E-state index in [2.05, 4.69) is 5.32 Å². The highest BCUT2D eigenvalue weighted by molar-refractivity contribution is 5.91. The third-order valence-electron chi connectivity index (χ3n) is 7.49. The lowest BCUT2D eigenvalue weighted by molar-refractivity contribution is -0.149. The van der Waals surface area contributed by atoms with Crippen molar-refractivity contribution in [2.24, 2.45) is 0 Å². The van der Waals surface area contributed by atoms with Gasteiger partial charge in [-0.3, -0.25) is 9.59 Å². The quantitative estimate of drug-likeness (QED) is 0.379. The molecule has 0 saturated heterocycles. The number of para-hydroxylation sites is 2. The molecule has 2 atom stereocenters. The fourth-order valence-electron chi connectivity index (χ4n) is 5.45. The number of ether oxygens (including phenoxy) is 5. The molecule has 2 aliphatic rings. The molecule has 0 bridgehead atoms. The molecule has 1 aliphatic carbocycles. The third kappa shape index (κ3) is 6.21. The molecule has 0 unspecified atom stereocenters. The monoisotopic (exact) mass is 564 g/mol. The van der Waals surface area contributed by atoms with Crippen molar-refractivity contribution >= 4 is 11.8 Å². The number of amides is 2. The number of nitrogens with one attached hydrogen (secondary N) is 1. The van der Waals surface area contributed by atoms with Crippen molar-refractivity contribution in [3.63, 3.8) is 0 Å². The van der Waals surface area contributed by atoms with E-state index in [1.54, 1.807) is 36.4 Å². The van der Waals surface area contributed by atoms with Crippen LogP contribution in [0.2, 0.25) is 0 Å². The summed E-state index contributed by atoms with van der Waals surface area (Å²) in [4.78, 5) is 30.0. The van der Waals surface area contributed by atoms with Gasteiger partial charge in [0, 0.05) is 6.04 Å². The van der Waals surface area contributed by atoms with Crippen LogP contribution in [0.5, 0.6) is 28.7 Å². The molecule has 1 N–H and O–H groups in total. The van der Waals surface area contributed by atoms with E-state index in [-0.39, 0.29) is 25.1 Å². The van der Waals surface area contributed by atoms with Crippen molar-refractivity contribution in [1.82, 2.24) is 10.2 Å². The van der Waals surface area contributed by atoms with Crippen molar-refractivity contribution in [3.05, 3.63) is 66.1 Å². The smallest absolute Gasteiger partial charge is 0.268 e. The van der Waals surface area contributed by atoms with Crippen LogP contribution in [-0.2, 0) is 16.1 Å². The van der Waals surface area contributed by atoms with E-state index in [0.717, 1.165) is 32.1 Å². The first-order chi connectivity index (χ1) is 20.0. The van der Waals surface area contributed by atoms with Crippen LogP contribution in [0.1, 0.15) is 49.5 Å². The molecule has 10 nitrogen and oxygen atoms in total. The van der Waals surface area contributed by atoms with Gasteiger partial charge in [0.1, 0.15) is 18.4 Å². The highest BCUT2D eigenvalue weighted by Crippen LogP contribution is 2.42. The Labute approximate surface area is 239 Å². The number of fused-ring (bicyclic) bond motifs is 1. The molecule has 41 heavy (non-hydrogen) atoms. The summed E-state index contributed by atoms with van der Waals surface area (Å²) in [6, 6.07) is 13.0. The Bertz CT molecular complexity index is 1310. The van der Waals surface area contributed by atoms with Gasteiger partial charge in [0.2, 0.25) is 17.8 Å². The average Bonchev–Trinajstić information content (AvgIpc) is 3.53. The third-order valence-corrected chi connectivity index (χ3v) is 7.49. The normalized spacial score (nSPS) is 17.3. The molecule has 1 aliphatic heterocycles. The lowest BCUT2D eigenvalue weighted by Crippen LogP contribution is -2.52. The molecule has 1 saturated carbocycles. The van der Waals surface area contributed by atoms with Gasteiger partial charge in [-0.1, -0.05) is 31.4 Å². The molecule has 3 aromatic rings. The maximum Gasteiger partial charge on any atom is 0.268 e. The van der Waals surface area contributed by atoms with Crippen LogP contribution < -0.4 is 29.0 Å². The zero-order chi connectivity index (χ0) is 28.8. The molecule has 2 heterocycles. The Kier molecular flexibility index (Phi) is 8.86. The molecule has 2 aromatic carbocycles. The van der Waals surface area contributed by atoms with Crippen molar-refractivity contribution in [1.29, 1.82) is 0 Å². The first-order valence-corrected chi connectivity index (χ1v) is 13.8. The predicted octanol–water partition coefficient (Wildman–Crippen LogP) is 4.66. The molecule has 1 fully saturated rings. The second-order valence-electron chi connectivity index (χ2n) is 10.1.